The van der Waals surface area contributed by atoms with E-state index < -0.39 is 0 Å². The van der Waals surface area contributed by atoms with E-state index in [1.54, 1.807) is 0 Å². The molecular weight excluding hydrogens is 300 g/mol. The first-order valence-electron chi connectivity index (χ1n) is 9.21. The maximum Gasteiger partial charge on any atom is 0.410 e. The average Bonchev–Trinajstić information content (AvgIpc) is 2.91. The van der Waals surface area contributed by atoms with E-state index in [0.29, 0.717) is 12.5 Å². The zero-order valence-electron chi connectivity index (χ0n) is 14.2. The van der Waals surface area contributed by atoms with Crippen LogP contribution in [0.25, 0.3) is 0 Å². The molecule has 128 valence electrons. The Kier molecular flexibility index (Phi) is 4.21. The van der Waals surface area contributed by atoms with Crippen LogP contribution in [0, 0.1) is 0 Å². The van der Waals surface area contributed by atoms with E-state index in [9.17, 15) is 4.79 Å². The molecule has 3 aliphatic rings. The number of allylic oxidation sites excluding steroid dienone is 1. The van der Waals surface area contributed by atoms with Crippen molar-refractivity contribution >= 4 is 6.09 Å². The van der Waals surface area contributed by atoms with Gasteiger partial charge in [-0.2, -0.15) is 0 Å². The topological polar surface area (TPSA) is 41.6 Å². The molecule has 0 radical (unpaired) electrons. The van der Waals surface area contributed by atoms with E-state index >= 15 is 0 Å². The predicted octanol–water partition coefficient (Wildman–Crippen LogP) is 3.93. The molecule has 1 aromatic carbocycles. The number of hydrogen-bond acceptors (Lipinski definition) is 3. The SMILES string of the molecule is O=C1OC2(CCCCC2)CN1Cc1ccc(C2C=CNCC2)cc1. The van der Waals surface area contributed by atoms with Gasteiger partial charge in [-0.1, -0.05) is 36.8 Å². The third kappa shape index (κ3) is 3.14. The zero-order chi connectivity index (χ0) is 16.4. The highest BCUT2D eigenvalue weighted by molar-refractivity contribution is 5.70. The van der Waals surface area contributed by atoms with Gasteiger partial charge in [-0.3, -0.25) is 4.90 Å². The molecule has 2 heterocycles. The van der Waals surface area contributed by atoms with Crippen LogP contribution in [0.3, 0.4) is 0 Å². The fourth-order valence-electron chi connectivity index (χ4n) is 4.24. The van der Waals surface area contributed by atoms with E-state index in [2.05, 4.69) is 35.7 Å². The minimum Gasteiger partial charge on any atom is -0.441 e. The zero-order valence-corrected chi connectivity index (χ0v) is 14.2. The maximum atomic E-state index is 12.3. The predicted molar refractivity (Wildman–Crippen MR) is 93.6 cm³/mol. The van der Waals surface area contributed by atoms with Crippen molar-refractivity contribution in [3.05, 3.63) is 47.7 Å². The smallest absolute Gasteiger partial charge is 0.410 e. The second-order valence-corrected chi connectivity index (χ2v) is 7.42. The first kappa shape index (κ1) is 15.6. The Bertz CT molecular complexity index is 617. The summed E-state index contributed by atoms with van der Waals surface area (Å²) in [6.07, 6.45) is 10.9. The lowest BCUT2D eigenvalue weighted by molar-refractivity contribution is 0.0260. The summed E-state index contributed by atoms with van der Waals surface area (Å²) in [7, 11) is 0. The molecule has 1 saturated heterocycles. The highest BCUT2D eigenvalue weighted by atomic mass is 16.6. The number of nitrogens with zero attached hydrogens (tertiary/aromatic N) is 1. The number of amides is 1. The van der Waals surface area contributed by atoms with Crippen molar-refractivity contribution in [1.82, 2.24) is 10.2 Å². The van der Waals surface area contributed by atoms with Crippen LogP contribution in [0.4, 0.5) is 4.79 Å². The third-order valence-corrected chi connectivity index (χ3v) is 5.63. The van der Waals surface area contributed by atoms with Crippen LogP contribution in [0.15, 0.2) is 36.5 Å². The first-order valence-corrected chi connectivity index (χ1v) is 9.21. The molecule has 1 saturated carbocycles. The van der Waals surface area contributed by atoms with Gasteiger partial charge in [0.2, 0.25) is 0 Å². The van der Waals surface area contributed by atoms with Crippen molar-refractivity contribution in [2.75, 3.05) is 13.1 Å². The van der Waals surface area contributed by atoms with Crippen molar-refractivity contribution in [3.63, 3.8) is 0 Å². The van der Waals surface area contributed by atoms with Crippen LogP contribution in [-0.4, -0.2) is 29.7 Å². The van der Waals surface area contributed by atoms with Gasteiger partial charge in [-0.15, -0.1) is 0 Å². The molecule has 0 aromatic heterocycles. The number of rotatable bonds is 3. The van der Waals surface area contributed by atoms with Gasteiger partial charge in [-0.25, -0.2) is 4.79 Å². The first-order chi connectivity index (χ1) is 11.7. The molecule has 4 rings (SSSR count). The van der Waals surface area contributed by atoms with Gasteiger partial charge in [-0.05, 0) is 49.4 Å². The van der Waals surface area contributed by atoms with Crippen LogP contribution in [0.5, 0.6) is 0 Å². The Labute approximate surface area is 143 Å². The second kappa shape index (κ2) is 6.50. The summed E-state index contributed by atoms with van der Waals surface area (Å²) in [5.74, 6) is 0.502. The lowest BCUT2D eigenvalue weighted by Crippen LogP contribution is -2.36. The summed E-state index contributed by atoms with van der Waals surface area (Å²) in [6, 6.07) is 8.72. The van der Waals surface area contributed by atoms with Gasteiger partial charge in [0.25, 0.3) is 0 Å². The Morgan fingerprint density at radius 1 is 1.17 bits per heavy atom. The van der Waals surface area contributed by atoms with Crippen LogP contribution in [0.2, 0.25) is 0 Å². The number of ether oxygens (including phenoxy) is 1. The van der Waals surface area contributed by atoms with Crippen molar-refractivity contribution in [3.8, 4) is 0 Å². The summed E-state index contributed by atoms with van der Waals surface area (Å²) in [5.41, 5.74) is 2.33. The van der Waals surface area contributed by atoms with Crippen molar-refractivity contribution in [2.24, 2.45) is 0 Å². The minimum absolute atomic E-state index is 0.137. The fourth-order valence-corrected chi connectivity index (χ4v) is 4.24. The molecule has 2 aliphatic heterocycles. The molecule has 0 bridgehead atoms. The van der Waals surface area contributed by atoms with Gasteiger partial charge in [0.05, 0.1) is 6.54 Å². The fraction of sp³-hybridized carbons (Fsp3) is 0.550. The van der Waals surface area contributed by atoms with Crippen LogP contribution < -0.4 is 5.32 Å². The lowest BCUT2D eigenvalue weighted by atomic mass is 9.85. The molecule has 1 aliphatic carbocycles. The Morgan fingerprint density at radius 2 is 1.96 bits per heavy atom. The molecule has 1 amide bonds. The molecule has 1 spiro atoms. The minimum atomic E-state index is -0.199. The number of carbonyl (C=O) groups is 1. The van der Waals surface area contributed by atoms with E-state index in [4.69, 9.17) is 4.74 Å². The van der Waals surface area contributed by atoms with Crippen LogP contribution in [-0.2, 0) is 11.3 Å². The largest absolute Gasteiger partial charge is 0.441 e. The molecule has 1 aromatic rings. The van der Waals surface area contributed by atoms with Gasteiger partial charge in [0.1, 0.15) is 5.60 Å². The average molecular weight is 326 g/mol. The summed E-state index contributed by atoms with van der Waals surface area (Å²) in [5, 5.41) is 3.24. The Morgan fingerprint density at radius 3 is 2.67 bits per heavy atom. The highest BCUT2D eigenvalue weighted by Gasteiger charge is 2.45. The molecular formula is C20H26N2O2. The molecule has 1 unspecified atom stereocenters. The lowest BCUT2D eigenvalue weighted by Gasteiger charge is -2.30. The quantitative estimate of drug-likeness (QED) is 0.915. The molecule has 1 N–H and O–H groups in total. The van der Waals surface area contributed by atoms with Crippen molar-refractivity contribution in [2.45, 2.75) is 56.6 Å². The van der Waals surface area contributed by atoms with E-state index in [1.807, 2.05) is 11.1 Å². The monoisotopic (exact) mass is 326 g/mol. The summed E-state index contributed by atoms with van der Waals surface area (Å²) >= 11 is 0. The summed E-state index contributed by atoms with van der Waals surface area (Å²) < 4.78 is 5.76. The van der Waals surface area contributed by atoms with E-state index in [0.717, 1.165) is 32.4 Å². The Hall–Kier alpha value is -1.97. The van der Waals surface area contributed by atoms with Crippen LogP contribution in [0.1, 0.15) is 55.6 Å². The number of nitrogens with one attached hydrogen (secondary N) is 1. The molecule has 4 nitrogen and oxygen atoms in total. The van der Waals surface area contributed by atoms with Gasteiger partial charge >= 0.3 is 6.09 Å². The second-order valence-electron chi connectivity index (χ2n) is 7.42. The van der Waals surface area contributed by atoms with E-state index in [-0.39, 0.29) is 11.7 Å². The standard InChI is InChI=1S/C20H26N2O2/c23-19-22(15-20(24-19)10-2-1-3-11-20)14-16-4-6-17(7-5-16)18-8-12-21-13-9-18/h4-8,12,18,21H,1-3,9-11,13-15H2. The normalized spacial score (nSPS) is 25.6. The third-order valence-electron chi connectivity index (χ3n) is 5.63. The van der Waals surface area contributed by atoms with Gasteiger partial charge in [0.15, 0.2) is 0 Å². The number of hydrogen-bond donors (Lipinski definition) is 1. The van der Waals surface area contributed by atoms with E-state index in [1.165, 1.54) is 30.4 Å². The van der Waals surface area contributed by atoms with Gasteiger partial charge in [0, 0.05) is 19.0 Å². The summed E-state index contributed by atoms with van der Waals surface area (Å²) in [4.78, 5) is 14.1. The van der Waals surface area contributed by atoms with Crippen molar-refractivity contribution in [1.29, 1.82) is 0 Å². The maximum absolute atomic E-state index is 12.3. The number of carbonyl (C=O) groups excluding carboxylic acids is 1. The summed E-state index contributed by atoms with van der Waals surface area (Å²) in [6.45, 7) is 2.44. The highest BCUT2D eigenvalue weighted by Crippen LogP contribution is 2.37. The number of benzene rings is 1. The van der Waals surface area contributed by atoms with Crippen LogP contribution >= 0.6 is 0 Å². The molecule has 24 heavy (non-hydrogen) atoms. The molecule has 4 heteroatoms. The van der Waals surface area contributed by atoms with Crippen molar-refractivity contribution < 1.29 is 9.53 Å². The molecule has 2 fully saturated rings. The Balaban J connectivity index is 1.41. The van der Waals surface area contributed by atoms with Gasteiger partial charge < -0.3 is 10.1 Å². The molecule has 1 atom stereocenters.